The molecule has 0 fully saturated rings. The quantitative estimate of drug-likeness (QED) is 0.342. The second-order valence-electron chi connectivity index (χ2n) is 6.29. The monoisotopic (exact) mass is 320 g/mol. The molecule has 0 saturated carbocycles. The molecule has 4 heteroatoms. The van der Waals surface area contributed by atoms with E-state index in [1.807, 2.05) is 0 Å². The Kier molecular flexibility index (Phi) is 14.8. The molecule has 0 aliphatic heterocycles. The Morgan fingerprint density at radius 3 is 1.50 bits per heavy atom. The first kappa shape index (κ1) is 21.3. The Bertz CT molecular complexity index is 259. The second kappa shape index (κ2) is 15.2. The molecule has 0 spiro atoms. The number of carboxylic acid groups (broad SMARTS) is 1. The van der Waals surface area contributed by atoms with Gasteiger partial charge in [0.25, 0.3) is 0 Å². The van der Waals surface area contributed by atoms with Gasteiger partial charge in [-0.25, -0.2) is 13.6 Å². The number of hydrogen-bond donors (Lipinski definition) is 1. The summed E-state index contributed by atoms with van der Waals surface area (Å²) in [5.74, 6) is -1.69. The summed E-state index contributed by atoms with van der Waals surface area (Å²) >= 11 is 0. The molecule has 0 aromatic carbocycles. The minimum absolute atomic E-state index is 0.0191. The minimum atomic E-state index is -2.36. The Morgan fingerprint density at radius 1 is 0.773 bits per heavy atom. The van der Waals surface area contributed by atoms with Crippen molar-refractivity contribution in [1.29, 1.82) is 0 Å². The maximum atomic E-state index is 13.1. The van der Waals surface area contributed by atoms with Crippen LogP contribution in [0.25, 0.3) is 0 Å². The van der Waals surface area contributed by atoms with Crippen molar-refractivity contribution >= 4 is 5.97 Å². The highest BCUT2D eigenvalue weighted by molar-refractivity contribution is 5.72. The van der Waals surface area contributed by atoms with E-state index in [2.05, 4.69) is 6.92 Å². The van der Waals surface area contributed by atoms with E-state index in [9.17, 15) is 13.6 Å². The summed E-state index contributed by atoms with van der Waals surface area (Å²) in [4.78, 5) is 10.3. The van der Waals surface area contributed by atoms with Gasteiger partial charge in [-0.15, -0.1) is 0 Å². The van der Waals surface area contributed by atoms with E-state index in [1.54, 1.807) is 0 Å². The number of unbranched alkanes of at least 4 members (excludes halogenated alkanes) is 12. The predicted octanol–water partition coefficient (Wildman–Crippen LogP) is 6.23. The third-order valence-electron chi connectivity index (χ3n) is 4.14. The number of halogens is 2. The highest BCUT2D eigenvalue weighted by atomic mass is 19.2. The first-order chi connectivity index (χ1) is 10.6. The zero-order valence-corrected chi connectivity index (χ0v) is 14.2. The van der Waals surface area contributed by atoms with E-state index in [4.69, 9.17) is 5.11 Å². The van der Waals surface area contributed by atoms with Crippen molar-refractivity contribution in [3.05, 3.63) is 0 Å². The molecule has 0 heterocycles. The predicted molar refractivity (Wildman–Crippen MR) is 87.7 cm³/mol. The lowest BCUT2D eigenvalue weighted by molar-refractivity contribution is -0.145. The average Bonchev–Trinajstić information content (AvgIpc) is 2.50. The maximum Gasteiger partial charge on any atom is 0.341 e. The molecule has 0 bridgehead atoms. The van der Waals surface area contributed by atoms with Crippen molar-refractivity contribution in [3.63, 3.8) is 0 Å². The topological polar surface area (TPSA) is 37.3 Å². The number of alkyl halides is 2. The molecule has 0 radical (unpaired) electrons. The van der Waals surface area contributed by atoms with Crippen LogP contribution in [0.3, 0.4) is 0 Å². The molecule has 0 aliphatic carbocycles. The van der Waals surface area contributed by atoms with Gasteiger partial charge in [-0.05, 0) is 6.42 Å². The van der Waals surface area contributed by atoms with Crippen molar-refractivity contribution in [3.8, 4) is 0 Å². The molecule has 2 unspecified atom stereocenters. The zero-order valence-electron chi connectivity index (χ0n) is 14.2. The van der Waals surface area contributed by atoms with Crippen LogP contribution < -0.4 is 0 Å². The smallest absolute Gasteiger partial charge is 0.341 e. The lowest BCUT2D eigenvalue weighted by Gasteiger charge is -2.09. The van der Waals surface area contributed by atoms with Crippen molar-refractivity contribution < 1.29 is 18.7 Å². The molecule has 2 atom stereocenters. The number of aliphatic carboxylic acids is 1. The van der Waals surface area contributed by atoms with Crippen LogP contribution in [-0.4, -0.2) is 23.4 Å². The summed E-state index contributed by atoms with van der Waals surface area (Å²) in [6, 6.07) is 0. The van der Waals surface area contributed by atoms with Crippen LogP contribution in [0.5, 0.6) is 0 Å². The van der Waals surface area contributed by atoms with E-state index in [0.29, 0.717) is 6.42 Å². The second-order valence-corrected chi connectivity index (χ2v) is 6.29. The third-order valence-corrected chi connectivity index (χ3v) is 4.14. The summed E-state index contributed by atoms with van der Waals surface area (Å²) in [5, 5.41) is 8.34. The van der Waals surface area contributed by atoms with Gasteiger partial charge in [-0.1, -0.05) is 90.4 Å². The number of carbonyl (C=O) groups is 1. The fourth-order valence-electron chi connectivity index (χ4n) is 2.66. The van der Waals surface area contributed by atoms with Crippen molar-refractivity contribution in [1.82, 2.24) is 0 Å². The molecule has 0 aliphatic rings. The molecule has 0 aromatic rings. The van der Waals surface area contributed by atoms with E-state index in [-0.39, 0.29) is 6.42 Å². The van der Waals surface area contributed by atoms with Crippen molar-refractivity contribution in [2.75, 3.05) is 0 Å². The molecular formula is C18H34F2O2. The lowest BCUT2D eigenvalue weighted by Crippen LogP contribution is -2.26. The van der Waals surface area contributed by atoms with Crippen molar-refractivity contribution in [2.24, 2.45) is 0 Å². The van der Waals surface area contributed by atoms with E-state index in [1.165, 1.54) is 57.8 Å². The molecule has 0 aromatic heterocycles. The molecule has 132 valence electrons. The summed E-state index contributed by atoms with van der Waals surface area (Å²) in [7, 11) is 0. The average molecular weight is 320 g/mol. The van der Waals surface area contributed by atoms with Gasteiger partial charge in [0.05, 0.1) is 0 Å². The third kappa shape index (κ3) is 13.0. The van der Waals surface area contributed by atoms with Gasteiger partial charge in [0.1, 0.15) is 6.17 Å². The first-order valence-electron chi connectivity index (χ1n) is 9.10. The van der Waals surface area contributed by atoms with Gasteiger partial charge < -0.3 is 5.11 Å². The fraction of sp³-hybridized carbons (Fsp3) is 0.944. The summed E-state index contributed by atoms with van der Waals surface area (Å²) in [6.45, 7) is 2.23. The van der Waals surface area contributed by atoms with Crippen molar-refractivity contribution in [2.45, 2.75) is 109 Å². The maximum absolute atomic E-state index is 13.1. The molecule has 2 nitrogen and oxygen atoms in total. The fourth-order valence-corrected chi connectivity index (χ4v) is 2.66. The Labute approximate surface area is 134 Å². The Balaban J connectivity index is 3.19. The molecule has 0 rings (SSSR count). The number of hydrogen-bond acceptors (Lipinski definition) is 1. The Morgan fingerprint density at radius 2 is 1.14 bits per heavy atom. The van der Waals surface area contributed by atoms with Gasteiger partial charge in [-0.2, -0.15) is 0 Å². The van der Waals surface area contributed by atoms with Crippen LogP contribution in [-0.2, 0) is 4.79 Å². The largest absolute Gasteiger partial charge is 0.479 e. The normalized spacial score (nSPS) is 14.0. The highest BCUT2D eigenvalue weighted by Crippen LogP contribution is 2.16. The van der Waals surface area contributed by atoms with Crippen LogP contribution in [0.4, 0.5) is 8.78 Å². The van der Waals surface area contributed by atoms with Crippen LogP contribution >= 0.6 is 0 Å². The highest BCUT2D eigenvalue weighted by Gasteiger charge is 2.26. The molecule has 22 heavy (non-hydrogen) atoms. The van der Waals surface area contributed by atoms with Gasteiger partial charge in [0.2, 0.25) is 6.17 Å². The Hall–Kier alpha value is -0.670. The van der Waals surface area contributed by atoms with Crippen LogP contribution in [0, 0.1) is 0 Å². The molecule has 0 saturated heterocycles. The number of carboxylic acids is 1. The van der Waals surface area contributed by atoms with E-state index in [0.717, 1.165) is 19.3 Å². The van der Waals surface area contributed by atoms with Gasteiger partial charge in [0.15, 0.2) is 0 Å². The van der Waals surface area contributed by atoms with Crippen LogP contribution in [0.1, 0.15) is 96.8 Å². The summed E-state index contributed by atoms with van der Waals surface area (Å²) in [6.07, 6.45) is 11.3. The van der Waals surface area contributed by atoms with Crippen LogP contribution in [0.2, 0.25) is 0 Å². The zero-order chi connectivity index (χ0) is 16.6. The standard InChI is InChI=1S/C18H34F2O2/c1-2-3-4-5-6-7-8-9-10-11-12-13-14-15-16(19)17(20)18(21)22/h16-17H,2-15H2,1H3,(H,21,22). The molecule has 0 amide bonds. The summed E-state index contributed by atoms with van der Waals surface area (Å²) in [5.41, 5.74) is 0. The molecular weight excluding hydrogens is 286 g/mol. The first-order valence-corrected chi connectivity index (χ1v) is 9.10. The van der Waals surface area contributed by atoms with Gasteiger partial charge in [0, 0.05) is 0 Å². The summed E-state index contributed by atoms with van der Waals surface area (Å²) < 4.78 is 25.9. The lowest BCUT2D eigenvalue weighted by atomic mass is 10.0. The van der Waals surface area contributed by atoms with Gasteiger partial charge in [-0.3, -0.25) is 0 Å². The van der Waals surface area contributed by atoms with E-state index < -0.39 is 18.3 Å². The van der Waals surface area contributed by atoms with E-state index >= 15 is 0 Å². The minimum Gasteiger partial charge on any atom is -0.479 e. The van der Waals surface area contributed by atoms with Gasteiger partial charge >= 0.3 is 5.97 Å². The molecule has 1 N–H and O–H groups in total. The number of rotatable bonds is 16. The SMILES string of the molecule is CCCCCCCCCCCCCCCC(F)C(F)C(=O)O. The van der Waals surface area contributed by atoms with Crippen LogP contribution in [0.15, 0.2) is 0 Å².